The lowest BCUT2D eigenvalue weighted by atomic mass is 10.2. The van der Waals surface area contributed by atoms with Crippen molar-refractivity contribution in [3.63, 3.8) is 0 Å². The van der Waals surface area contributed by atoms with E-state index >= 15 is 0 Å². The van der Waals surface area contributed by atoms with Crippen LogP contribution in [-0.4, -0.2) is 37.4 Å². The van der Waals surface area contributed by atoms with Crippen molar-refractivity contribution in [3.8, 4) is 0 Å². The maximum Gasteiger partial charge on any atom is 0.312 e. The first-order valence-electron chi connectivity index (χ1n) is 4.58. The van der Waals surface area contributed by atoms with E-state index in [1.807, 2.05) is 0 Å². The van der Waals surface area contributed by atoms with Gasteiger partial charge in [-0.15, -0.1) is 0 Å². The largest absolute Gasteiger partial charge is 0.352 e. The van der Waals surface area contributed by atoms with Crippen molar-refractivity contribution in [2.24, 2.45) is 11.5 Å². The highest BCUT2D eigenvalue weighted by Gasteiger charge is 2.09. The molecule has 6 N–H and O–H groups in total. The minimum Gasteiger partial charge on any atom is -0.352 e. The molecule has 0 heterocycles. The van der Waals surface area contributed by atoms with Crippen molar-refractivity contribution >= 4 is 18.2 Å². The Kier molecular flexibility index (Phi) is 6.90. The molecular formula is C8H16N4O3. The van der Waals surface area contributed by atoms with Crippen molar-refractivity contribution in [2.75, 3.05) is 13.1 Å². The molecule has 0 bridgehead atoms. The third-order valence-electron chi connectivity index (χ3n) is 1.69. The Morgan fingerprint density at radius 1 is 1.40 bits per heavy atom. The van der Waals surface area contributed by atoms with Crippen molar-refractivity contribution in [1.82, 2.24) is 10.6 Å². The molecule has 0 aromatic rings. The zero-order valence-corrected chi connectivity index (χ0v) is 8.36. The van der Waals surface area contributed by atoms with Gasteiger partial charge >= 0.3 is 6.03 Å². The molecule has 0 rings (SSSR count). The number of hydrogen-bond acceptors (Lipinski definition) is 4. The number of nitrogens with two attached hydrogens (primary N) is 2. The van der Waals surface area contributed by atoms with Gasteiger partial charge in [0.1, 0.15) is 6.29 Å². The van der Waals surface area contributed by atoms with Gasteiger partial charge in [0.25, 0.3) is 0 Å². The molecule has 86 valence electrons. The Hall–Kier alpha value is -1.63. The van der Waals surface area contributed by atoms with Crippen molar-refractivity contribution in [3.05, 3.63) is 0 Å². The summed E-state index contributed by atoms with van der Waals surface area (Å²) in [6, 6.07) is -1.17. The summed E-state index contributed by atoms with van der Waals surface area (Å²) >= 11 is 0. The molecule has 0 unspecified atom stereocenters. The smallest absolute Gasteiger partial charge is 0.312 e. The molecule has 7 heteroatoms. The van der Waals surface area contributed by atoms with E-state index in [0.29, 0.717) is 25.7 Å². The number of urea groups is 1. The highest BCUT2D eigenvalue weighted by Crippen LogP contribution is 1.93. The zero-order valence-electron chi connectivity index (χ0n) is 8.36. The van der Waals surface area contributed by atoms with Crippen LogP contribution in [0.5, 0.6) is 0 Å². The highest BCUT2D eigenvalue weighted by molar-refractivity contribution is 5.81. The fourth-order valence-electron chi connectivity index (χ4n) is 0.974. The van der Waals surface area contributed by atoms with E-state index in [1.165, 1.54) is 0 Å². The second kappa shape index (κ2) is 7.74. The van der Waals surface area contributed by atoms with Crippen LogP contribution in [-0.2, 0) is 9.59 Å². The van der Waals surface area contributed by atoms with Gasteiger partial charge in [-0.25, -0.2) is 4.79 Å². The highest BCUT2D eigenvalue weighted by atomic mass is 16.2. The molecule has 0 aromatic heterocycles. The molecule has 1 atom stereocenters. The van der Waals surface area contributed by atoms with Crippen LogP contribution in [0.2, 0.25) is 0 Å². The quantitative estimate of drug-likeness (QED) is 0.292. The zero-order chi connectivity index (χ0) is 11.7. The molecule has 0 aromatic carbocycles. The molecule has 3 amide bonds. The SMILES string of the molecule is NCC(=O)N[C@H](C=O)CCCNC(N)=O. The summed E-state index contributed by atoms with van der Waals surface area (Å²) in [5.41, 5.74) is 9.91. The second-order valence-electron chi connectivity index (χ2n) is 2.95. The van der Waals surface area contributed by atoms with Crippen LogP contribution in [0.15, 0.2) is 0 Å². The Labute approximate surface area is 87.6 Å². The molecule has 0 spiro atoms. The normalized spacial score (nSPS) is 11.5. The first kappa shape index (κ1) is 13.4. The fraction of sp³-hybridized carbons (Fsp3) is 0.625. The molecule has 15 heavy (non-hydrogen) atoms. The van der Waals surface area contributed by atoms with Gasteiger partial charge in [0.05, 0.1) is 12.6 Å². The summed E-state index contributed by atoms with van der Waals surface area (Å²) in [4.78, 5) is 31.6. The summed E-state index contributed by atoms with van der Waals surface area (Å²) < 4.78 is 0. The third kappa shape index (κ3) is 7.44. The Morgan fingerprint density at radius 2 is 2.07 bits per heavy atom. The number of amides is 3. The number of carbonyl (C=O) groups excluding carboxylic acids is 3. The summed E-state index contributed by atoms with van der Waals surface area (Å²) in [6.45, 7) is 0.224. The molecule has 7 nitrogen and oxygen atoms in total. The van der Waals surface area contributed by atoms with E-state index in [1.54, 1.807) is 0 Å². The molecule has 0 aliphatic rings. The maximum atomic E-state index is 10.8. The minimum absolute atomic E-state index is 0.149. The Balaban J connectivity index is 3.66. The third-order valence-corrected chi connectivity index (χ3v) is 1.69. The van der Waals surface area contributed by atoms with Gasteiger partial charge in [-0.1, -0.05) is 0 Å². The molecule has 0 saturated heterocycles. The lowest BCUT2D eigenvalue weighted by molar-refractivity contribution is -0.122. The predicted molar refractivity (Wildman–Crippen MR) is 53.9 cm³/mol. The minimum atomic E-state index is -0.608. The number of hydrogen-bond donors (Lipinski definition) is 4. The molecule has 0 aliphatic heterocycles. The lowest BCUT2D eigenvalue weighted by Crippen LogP contribution is -2.40. The van der Waals surface area contributed by atoms with Crippen molar-refractivity contribution in [1.29, 1.82) is 0 Å². The number of aldehydes is 1. The van der Waals surface area contributed by atoms with Gasteiger partial charge in [0.15, 0.2) is 0 Å². The van der Waals surface area contributed by atoms with E-state index in [-0.39, 0.29) is 12.5 Å². The lowest BCUT2D eigenvalue weighted by Gasteiger charge is -2.11. The molecule has 0 saturated carbocycles. The van der Waals surface area contributed by atoms with Crippen LogP contribution < -0.4 is 22.1 Å². The maximum absolute atomic E-state index is 10.8. The summed E-state index contributed by atoms with van der Waals surface area (Å²) in [5.74, 6) is -0.380. The van der Waals surface area contributed by atoms with Crippen molar-refractivity contribution in [2.45, 2.75) is 18.9 Å². The van der Waals surface area contributed by atoms with Gasteiger partial charge < -0.3 is 26.9 Å². The summed E-state index contributed by atoms with van der Waals surface area (Å²) in [7, 11) is 0. The Morgan fingerprint density at radius 3 is 2.53 bits per heavy atom. The van der Waals surface area contributed by atoms with E-state index < -0.39 is 12.1 Å². The number of primary amides is 1. The number of carbonyl (C=O) groups is 3. The van der Waals surface area contributed by atoms with Crippen LogP contribution in [0.4, 0.5) is 4.79 Å². The standard InChI is InChI=1S/C8H16N4O3/c9-4-7(14)12-6(5-13)2-1-3-11-8(10)15/h5-6H,1-4,9H2,(H,12,14)(H3,10,11,15)/t6-/m0/s1. The predicted octanol–water partition coefficient (Wildman–Crippen LogP) is -1.92. The summed E-state index contributed by atoms with van der Waals surface area (Å²) in [5, 5.41) is 4.81. The van der Waals surface area contributed by atoms with Crippen LogP contribution in [0.3, 0.4) is 0 Å². The van der Waals surface area contributed by atoms with Crippen molar-refractivity contribution < 1.29 is 14.4 Å². The second-order valence-corrected chi connectivity index (χ2v) is 2.95. The van der Waals surface area contributed by atoms with Crippen LogP contribution >= 0.6 is 0 Å². The molecule has 0 radical (unpaired) electrons. The average molecular weight is 216 g/mol. The van der Waals surface area contributed by atoms with Gasteiger partial charge in [-0.05, 0) is 12.8 Å². The van der Waals surface area contributed by atoms with E-state index in [4.69, 9.17) is 11.5 Å². The van der Waals surface area contributed by atoms with Gasteiger partial charge in [0, 0.05) is 6.54 Å². The Bertz CT molecular complexity index is 232. The molecule has 0 aliphatic carbocycles. The topological polar surface area (TPSA) is 127 Å². The first-order valence-corrected chi connectivity index (χ1v) is 4.58. The molecular weight excluding hydrogens is 200 g/mol. The van der Waals surface area contributed by atoms with E-state index in [2.05, 4.69) is 10.6 Å². The van der Waals surface area contributed by atoms with Crippen LogP contribution in [0, 0.1) is 0 Å². The monoisotopic (exact) mass is 216 g/mol. The van der Waals surface area contributed by atoms with E-state index in [9.17, 15) is 14.4 Å². The van der Waals surface area contributed by atoms with Gasteiger partial charge in [-0.3, -0.25) is 4.79 Å². The number of nitrogens with one attached hydrogen (secondary N) is 2. The number of rotatable bonds is 7. The van der Waals surface area contributed by atoms with Gasteiger partial charge in [0.2, 0.25) is 5.91 Å². The van der Waals surface area contributed by atoms with Gasteiger partial charge in [-0.2, -0.15) is 0 Å². The fourth-order valence-corrected chi connectivity index (χ4v) is 0.974. The summed E-state index contributed by atoms with van der Waals surface area (Å²) in [6.07, 6.45) is 1.63. The van der Waals surface area contributed by atoms with Crippen LogP contribution in [0.25, 0.3) is 0 Å². The van der Waals surface area contributed by atoms with E-state index in [0.717, 1.165) is 0 Å². The average Bonchev–Trinajstić information content (AvgIpc) is 2.21. The van der Waals surface area contributed by atoms with Crippen LogP contribution in [0.1, 0.15) is 12.8 Å². The molecule has 0 fully saturated rings. The first-order chi connectivity index (χ1) is 7.10.